The number of thioether (sulfide) groups is 1. The average molecular weight is 281 g/mol. The topological polar surface area (TPSA) is 42.7 Å². The maximum absolute atomic E-state index is 12.4. The van der Waals surface area contributed by atoms with Gasteiger partial charge in [0.1, 0.15) is 5.76 Å². The molecule has 2 saturated heterocycles. The predicted octanol–water partition coefficient (Wildman–Crippen LogP) is 2.32. The second kappa shape index (κ2) is 6.01. The van der Waals surface area contributed by atoms with Gasteiger partial charge in [-0.05, 0) is 25.0 Å². The zero-order chi connectivity index (χ0) is 13.1. The molecule has 3 heterocycles. The maximum Gasteiger partial charge on any atom is 0.228 e. The molecule has 0 saturated carbocycles. The quantitative estimate of drug-likeness (QED) is 0.834. The highest BCUT2D eigenvalue weighted by atomic mass is 32.2. The molecule has 0 N–H and O–H groups in total. The van der Waals surface area contributed by atoms with E-state index in [1.54, 1.807) is 6.26 Å². The molecule has 1 aromatic heterocycles. The van der Waals surface area contributed by atoms with Crippen LogP contribution in [0.15, 0.2) is 22.8 Å². The van der Waals surface area contributed by atoms with Crippen LogP contribution in [-0.2, 0) is 9.53 Å². The van der Waals surface area contributed by atoms with Gasteiger partial charge in [-0.25, -0.2) is 0 Å². The van der Waals surface area contributed by atoms with Crippen LogP contribution in [0.25, 0.3) is 0 Å². The molecule has 19 heavy (non-hydrogen) atoms. The van der Waals surface area contributed by atoms with Gasteiger partial charge in [0.25, 0.3) is 0 Å². The molecule has 0 aromatic carbocycles. The molecule has 0 spiro atoms. The molecule has 3 rings (SSSR count). The predicted molar refractivity (Wildman–Crippen MR) is 74.0 cm³/mol. The summed E-state index contributed by atoms with van der Waals surface area (Å²) in [6, 6.07) is 3.96. The summed E-state index contributed by atoms with van der Waals surface area (Å²) in [5, 5.41) is 0.382. The number of nitrogens with zero attached hydrogens (tertiary/aromatic N) is 1. The average Bonchev–Trinajstić information content (AvgIpc) is 3.08. The van der Waals surface area contributed by atoms with Crippen molar-refractivity contribution in [1.29, 1.82) is 0 Å². The van der Waals surface area contributed by atoms with E-state index in [1.165, 1.54) is 0 Å². The Morgan fingerprint density at radius 1 is 1.37 bits per heavy atom. The first-order valence-corrected chi connectivity index (χ1v) is 7.91. The minimum Gasteiger partial charge on any atom is -0.468 e. The van der Waals surface area contributed by atoms with Crippen LogP contribution < -0.4 is 0 Å². The van der Waals surface area contributed by atoms with Crippen molar-refractivity contribution in [1.82, 2.24) is 4.90 Å². The van der Waals surface area contributed by atoms with Crippen molar-refractivity contribution in [3.05, 3.63) is 24.2 Å². The maximum atomic E-state index is 12.4. The lowest BCUT2D eigenvalue weighted by molar-refractivity contribution is -0.135. The second-order valence-electron chi connectivity index (χ2n) is 5.05. The van der Waals surface area contributed by atoms with Crippen LogP contribution in [0.2, 0.25) is 0 Å². The summed E-state index contributed by atoms with van der Waals surface area (Å²) in [5.41, 5.74) is 0. The Bertz CT molecular complexity index is 414. The number of ether oxygens (including phenoxy) is 1. The minimum atomic E-state index is 0.0881. The molecule has 2 aliphatic heterocycles. The monoisotopic (exact) mass is 281 g/mol. The van der Waals surface area contributed by atoms with E-state index in [-0.39, 0.29) is 11.8 Å². The minimum absolute atomic E-state index is 0.0881. The van der Waals surface area contributed by atoms with Crippen molar-refractivity contribution in [2.24, 2.45) is 5.92 Å². The van der Waals surface area contributed by atoms with Crippen LogP contribution in [0.3, 0.4) is 0 Å². The van der Waals surface area contributed by atoms with Gasteiger partial charge in [-0.3, -0.25) is 4.79 Å². The van der Waals surface area contributed by atoms with E-state index in [0.717, 1.165) is 44.1 Å². The third-order valence-corrected chi connectivity index (χ3v) is 5.08. The lowest BCUT2D eigenvalue weighted by atomic mass is 10.1. The van der Waals surface area contributed by atoms with Gasteiger partial charge in [0.2, 0.25) is 5.91 Å². The molecule has 1 amide bonds. The van der Waals surface area contributed by atoms with Crippen LogP contribution in [0.1, 0.15) is 23.9 Å². The van der Waals surface area contributed by atoms with E-state index < -0.39 is 0 Å². The summed E-state index contributed by atoms with van der Waals surface area (Å²) in [4.78, 5) is 14.4. The molecule has 0 radical (unpaired) electrons. The first-order valence-electron chi connectivity index (χ1n) is 6.86. The van der Waals surface area contributed by atoms with Crippen LogP contribution in [-0.4, -0.2) is 42.9 Å². The van der Waals surface area contributed by atoms with E-state index in [1.807, 2.05) is 28.8 Å². The zero-order valence-corrected chi connectivity index (χ0v) is 11.7. The van der Waals surface area contributed by atoms with Crippen molar-refractivity contribution < 1.29 is 13.9 Å². The van der Waals surface area contributed by atoms with Gasteiger partial charge in [0.15, 0.2) is 0 Å². The van der Waals surface area contributed by atoms with Gasteiger partial charge in [-0.1, -0.05) is 0 Å². The Morgan fingerprint density at radius 3 is 3.05 bits per heavy atom. The standard InChI is InChI=1S/C14H19NO3S/c16-14(11-4-8-17-10-11)15-5-3-13(19-9-6-15)12-2-1-7-18-12/h1-2,7,11,13H,3-6,8-10H2. The van der Waals surface area contributed by atoms with Crippen LogP contribution in [0.5, 0.6) is 0 Å². The number of hydrogen-bond acceptors (Lipinski definition) is 4. The Morgan fingerprint density at radius 2 is 2.32 bits per heavy atom. The third kappa shape index (κ3) is 2.98. The van der Waals surface area contributed by atoms with Gasteiger partial charge >= 0.3 is 0 Å². The molecule has 2 unspecified atom stereocenters. The summed E-state index contributed by atoms with van der Waals surface area (Å²) in [5.74, 6) is 2.37. The summed E-state index contributed by atoms with van der Waals surface area (Å²) in [7, 11) is 0. The van der Waals surface area contributed by atoms with Crippen LogP contribution in [0.4, 0.5) is 0 Å². The van der Waals surface area contributed by atoms with E-state index in [2.05, 4.69) is 0 Å². The van der Waals surface area contributed by atoms with Crippen LogP contribution >= 0.6 is 11.8 Å². The third-order valence-electron chi connectivity index (χ3n) is 3.79. The number of carbonyl (C=O) groups is 1. The molecular formula is C14H19NO3S. The van der Waals surface area contributed by atoms with Gasteiger partial charge < -0.3 is 14.1 Å². The van der Waals surface area contributed by atoms with Crippen molar-refractivity contribution >= 4 is 17.7 Å². The Kier molecular flexibility index (Phi) is 4.13. The molecule has 2 atom stereocenters. The van der Waals surface area contributed by atoms with Gasteiger partial charge in [-0.2, -0.15) is 0 Å². The summed E-state index contributed by atoms with van der Waals surface area (Å²) >= 11 is 1.89. The largest absolute Gasteiger partial charge is 0.468 e. The van der Waals surface area contributed by atoms with Crippen molar-refractivity contribution in [2.45, 2.75) is 18.1 Å². The fourth-order valence-corrected chi connectivity index (χ4v) is 3.86. The summed E-state index contributed by atoms with van der Waals surface area (Å²) in [6.45, 7) is 3.00. The Balaban J connectivity index is 1.59. The van der Waals surface area contributed by atoms with Crippen LogP contribution in [0, 0.1) is 5.92 Å². The molecule has 0 aliphatic carbocycles. The fraction of sp³-hybridized carbons (Fsp3) is 0.643. The first-order chi connectivity index (χ1) is 9.34. The molecular weight excluding hydrogens is 262 g/mol. The second-order valence-corrected chi connectivity index (χ2v) is 6.36. The number of furan rings is 1. The van der Waals surface area contributed by atoms with E-state index in [0.29, 0.717) is 11.9 Å². The molecule has 5 heteroatoms. The number of carbonyl (C=O) groups excluding carboxylic acids is 1. The summed E-state index contributed by atoms with van der Waals surface area (Å²) in [6.07, 6.45) is 3.57. The molecule has 2 fully saturated rings. The smallest absolute Gasteiger partial charge is 0.228 e. The van der Waals surface area contributed by atoms with Gasteiger partial charge in [-0.15, -0.1) is 11.8 Å². The van der Waals surface area contributed by atoms with E-state index in [9.17, 15) is 4.79 Å². The molecule has 1 aromatic rings. The highest BCUT2D eigenvalue weighted by Crippen LogP contribution is 2.35. The first kappa shape index (κ1) is 13.1. The highest BCUT2D eigenvalue weighted by Gasteiger charge is 2.30. The highest BCUT2D eigenvalue weighted by molar-refractivity contribution is 7.99. The molecule has 4 nitrogen and oxygen atoms in total. The van der Waals surface area contributed by atoms with Gasteiger partial charge in [0, 0.05) is 25.4 Å². The van der Waals surface area contributed by atoms with E-state index >= 15 is 0 Å². The Hall–Kier alpha value is -0.940. The van der Waals surface area contributed by atoms with Gasteiger partial charge in [0.05, 0.1) is 24.0 Å². The van der Waals surface area contributed by atoms with Crippen molar-refractivity contribution in [2.75, 3.05) is 32.1 Å². The molecule has 2 aliphatic rings. The van der Waals surface area contributed by atoms with Crippen molar-refractivity contribution in [3.63, 3.8) is 0 Å². The van der Waals surface area contributed by atoms with E-state index in [4.69, 9.17) is 9.15 Å². The Labute approximate surface area is 117 Å². The number of rotatable bonds is 2. The number of hydrogen-bond donors (Lipinski definition) is 0. The number of amides is 1. The molecule has 104 valence electrons. The fourth-order valence-electron chi connectivity index (χ4n) is 2.68. The normalized spacial score (nSPS) is 28.3. The lowest BCUT2D eigenvalue weighted by Gasteiger charge is -2.23. The zero-order valence-electron chi connectivity index (χ0n) is 10.9. The van der Waals surface area contributed by atoms with Crippen molar-refractivity contribution in [3.8, 4) is 0 Å². The lowest BCUT2D eigenvalue weighted by Crippen LogP contribution is -2.37. The molecule has 0 bridgehead atoms. The SMILES string of the molecule is O=C(C1CCOC1)N1CCSC(c2ccco2)CC1. The summed E-state index contributed by atoms with van der Waals surface area (Å²) < 4.78 is 10.8.